The normalized spacial score (nSPS) is 34.6. The molecule has 0 unspecified atom stereocenters. The van der Waals surface area contributed by atoms with Crippen LogP contribution < -0.4 is 16.0 Å². The van der Waals surface area contributed by atoms with E-state index in [9.17, 15) is 10.2 Å². The largest absolute Gasteiger partial charge is 0.388 e. The molecule has 0 saturated carbocycles. The summed E-state index contributed by atoms with van der Waals surface area (Å²) in [5, 5.41) is 29.5. The fourth-order valence-electron chi connectivity index (χ4n) is 2.10. The summed E-state index contributed by atoms with van der Waals surface area (Å²) in [4.78, 5) is 0. The van der Waals surface area contributed by atoms with E-state index in [1.165, 1.54) is 0 Å². The third-order valence-corrected chi connectivity index (χ3v) is 3.32. The van der Waals surface area contributed by atoms with Crippen LogP contribution in [-0.4, -0.2) is 65.9 Å². The molecular weight excluding hydrogens is 266 g/mol. The van der Waals surface area contributed by atoms with Gasteiger partial charge in [-0.1, -0.05) is 6.08 Å². The molecule has 1 fully saturated rings. The highest BCUT2D eigenvalue weighted by atomic mass is 32.1. The standard InChI is InChI=1S/C12H23N3O3S/c1-4-7-9(15-12(19)14-5-2)11(17)10(16)8(18-7)6-13-3/h4,7-11,13,16-17H,1,5-6H2,2-3H3,(H2,14,15,19)/t7-,8-,9+,10-,11-/m1/s1. The molecule has 5 N–H and O–H groups in total. The minimum Gasteiger partial charge on any atom is -0.388 e. The van der Waals surface area contributed by atoms with Gasteiger partial charge in [0.15, 0.2) is 5.11 Å². The van der Waals surface area contributed by atoms with E-state index in [1.54, 1.807) is 13.1 Å². The van der Waals surface area contributed by atoms with Crippen LogP contribution in [0.4, 0.5) is 0 Å². The van der Waals surface area contributed by atoms with Gasteiger partial charge in [0.25, 0.3) is 0 Å². The molecule has 0 aromatic carbocycles. The zero-order chi connectivity index (χ0) is 14.4. The number of thiocarbonyl (C=S) groups is 1. The summed E-state index contributed by atoms with van der Waals surface area (Å²) in [5.74, 6) is 0. The lowest BCUT2D eigenvalue weighted by molar-refractivity contribution is -0.166. The molecule has 7 heteroatoms. The average Bonchev–Trinajstić information content (AvgIpc) is 2.38. The van der Waals surface area contributed by atoms with E-state index in [0.717, 1.165) is 0 Å². The molecule has 0 aromatic heterocycles. The molecule has 19 heavy (non-hydrogen) atoms. The van der Waals surface area contributed by atoms with Crippen molar-refractivity contribution in [2.75, 3.05) is 20.1 Å². The lowest BCUT2D eigenvalue weighted by Crippen LogP contribution is -2.65. The number of hydrogen-bond donors (Lipinski definition) is 5. The van der Waals surface area contributed by atoms with Gasteiger partial charge < -0.3 is 30.9 Å². The van der Waals surface area contributed by atoms with Gasteiger partial charge >= 0.3 is 0 Å². The molecule has 1 rings (SSSR count). The van der Waals surface area contributed by atoms with Gasteiger partial charge in [-0.25, -0.2) is 0 Å². The van der Waals surface area contributed by atoms with Crippen LogP contribution in [0.15, 0.2) is 12.7 Å². The van der Waals surface area contributed by atoms with Crippen molar-refractivity contribution >= 4 is 17.3 Å². The highest BCUT2D eigenvalue weighted by Crippen LogP contribution is 2.21. The minimum absolute atomic E-state index is 0.418. The lowest BCUT2D eigenvalue weighted by atomic mass is 9.92. The third kappa shape index (κ3) is 4.12. The Morgan fingerprint density at radius 2 is 2.11 bits per heavy atom. The van der Waals surface area contributed by atoms with E-state index in [0.29, 0.717) is 18.2 Å². The Hall–Kier alpha value is -0.730. The van der Waals surface area contributed by atoms with Crippen LogP contribution in [0.3, 0.4) is 0 Å². The van der Waals surface area contributed by atoms with Crippen molar-refractivity contribution in [1.82, 2.24) is 16.0 Å². The molecule has 5 atom stereocenters. The van der Waals surface area contributed by atoms with Gasteiger partial charge in [-0.05, 0) is 26.2 Å². The Kier molecular flexibility index (Phi) is 6.67. The number of likely N-dealkylation sites (N-methyl/N-ethyl adjacent to an activating group) is 1. The molecule has 0 spiro atoms. The van der Waals surface area contributed by atoms with Crippen molar-refractivity contribution in [1.29, 1.82) is 0 Å². The van der Waals surface area contributed by atoms with Crippen LogP contribution in [0.1, 0.15) is 6.92 Å². The van der Waals surface area contributed by atoms with Gasteiger partial charge in [0, 0.05) is 13.1 Å². The predicted octanol–water partition coefficient (Wildman–Crippen LogP) is -1.27. The Labute approximate surface area is 119 Å². The topological polar surface area (TPSA) is 85.8 Å². The summed E-state index contributed by atoms with van der Waals surface area (Å²) in [6, 6.07) is -0.521. The summed E-state index contributed by atoms with van der Waals surface area (Å²) < 4.78 is 5.71. The van der Waals surface area contributed by atoms with Crippen LogP contribution in [0.25, 0.3) is 0 Å². The highest BCUT2D eigenvalue weighted by Gasteiger charge is 2.43. The number of rotatable bonds is 5. The first-order valence-electron chi connectivity index (χ1n) is 6.38. The summed E-state index contributed by atoms with van der Waals surface area (Å²) >= 11 is 5.09. The SMILES string of the molecule is C=C[C@H]1O[C@H](CNC)[C@@H](O)[C@H](O)[C@H]1NC(=S)NCC. The summed E-state index contributed by atoms with van der Waals surface area (Å²) in [6.07, 6.45) is -1.26. The Morgan fingerprint density at radius 1 is 1.42 bits per heavy atom. The van der Waals surface area contributed by atoms with Crippen LogP contribution in [-0.2, 0) is 4.74 Å². The number of hydrogen-bond acceptors (Lipinski definition) is 5. The molecule has 6 nitrogen and oxygen atoms in total. The number of nitrogens with one attached hydrogen (secondary N) is 3. The van der Waals surface area contributed by atoms with Crippen molar-refractivity contribution in [2.45, 2.75) is 37.4 Å². The summed E-state index contributed by atoms with van der Waals surface area (Å²) in [7, 11) is 1.76. The molecule has 1 aliphatic rings. The lowest BCUT2D eigenvalue weighted by Gasteiger charge is -2.42. The van der Waals surface area contributed by atoms with Crippen LogP contribution in [0.5, 0.6) is 0 Å². The molecule has 1 aliphatic heterocycles. The molecule has 110 valence electrons. The van der Waals surface area contributed by atoms with Crippen LogP contribution in [0, 0.1) is 0 Å². The minimum atomic E-state index is -0.981. The van der Waals surface area contributed by atoms with Gasteiger partial charge in [-0.15, -0.1) is 6.58 Å². The Balaban J connectivity index is 2.74. The molecule has 0 aliphatic carbocycles. The van der Waals surface area contributed by atoms with Crippen LogP contribution in [0.2, 0.25) is 0 Å². The first-order valence-corrected chi connectivity index (χ1v) is 6.79. The molecule has 0 radical (unpaired) electrons. The first kappa shape index (κ1) is 16.3. The average molecular weight is 289 g/mol. The van der Waals surface area contributed by atoms with Gasteiger partial charge in [0.1, 0.15) is 12.2 Å². The molecule has 0 amide bonds. The van der Waals surface area contributed by atoms with E-state index >= 15 is 0 Å². The monoisotopic (exact) mass is 289 g/mol. The van der Waals surface area contributed by atoms with Crippen molar-refractivity contribution in [2.24, 2.45) is 0 Å². The van der Waals surface area contributed by atoms with Gasteiger partial charge in [-0.3, -0.25) is 0 Å². The zero-order valence-electron chi connectivity index (χ0n) is 11.3. The van der Waals surface area contributed by atoms with Crippen molar-refractivity contribution < 1.29 is 14.9 Å². The van der Waals surface area contributed by atoms with Gasteiger partial charge in [0.2, 0.25) is 0 Å². The predicted molar refractivity (Wildman–Crippen MR) is 78.0 cm³/mol. The summed E-state index contributed by atoms with van der Waals surface area (Å²) in [6.45, 7) is 6.75. The molecule has 0 aromatic rings. The number of ether oxygens (including phenoxy) is 1. The maximum atomic E-state index is 10.2. The number of aliphatic hydroxyl groups excluding tert-OH is 2. The Morgan fingerprint density at radius 3 is 2.63 bits per heavy atom. The number of aliphatic hydroxyl groups is 2. The first-order chi connectivity index (χ1) is 9.04. The van der Waals surface area contributed by atoms with E-state index in [1.807, 2.05) is 6.92 Å². The maximum Gasteiger partial charge on any atom is 0.166 e. The molecular formula is C12H23N3O3S. The second-order valence-corrected chi connectivity index (χ2v) is 4.85. The van der Waals surface area contributed by atoms with E-state index in [2.05, 4.69) is 22.5 Å². The second-order valence-electron chi connectivity index (χ2n) is 4.44. The van der Waals surface area contributed by atoms with Gasteiger partial charge in [0.05, 0.1) is 18.2 Å². The molecule has 0 bridgehead atoms. The van der Waals surface area contributed by atoms with Crippen molar-refractivity contribution in [3.05, 3.63) is 12.7 Å². The maximum absolute atomic E-state index is 10.2. The fraction of sp³-hybridized carbons (Fsp3) is 0.750. The van der Waals surface area contributed by atoms with Crippen molar-refractivity contribution in [3.63, 3.8) is 0 Å². The van der Waals surface area contributed by atoms with Gasteiger partial charge in [-0.2, -0.15) is 0 Å². The van der Waals surface area contributed by atoms with E-state index < -0.39 is 30.5 Å². The zero-order valence-corrected chi connectivity index (χ0v) is 12.1. The molecule has 1 saturated heterocycles. The quantitative estimate of drug-likeness (QED) is 0.319. The van der Waals surface area contributed by atoms with Crippen LogP contribution >= 0.6 is 12.2 Å². The van der Waals surface area contributed by atoms with Crippen molar-refractivity contribution in [3.8, 4) is 0 Å². The smallest absolute Gasteiger partial charge is 0.166 e. The third-order valence-electron chi connectivity index (χ3n) is 3.06. The fourth-order valence-corrected chi connectivity index (χ4v) is 2.38. The van der Waals surface area contributed by atoms with E-state index in [-0.39, 0.29) is 0 Å². The van der Waals surface area contributed by atoms with E-state index in [4.69, 9.17) is 17.0 Å². The summed E-state index contributed by atoms with van der Waals surface area (Å²) in [5.41, 5.74) is 0. The Bertz CT molecular complexity index is 317. The molecule has 1 heterocycles. The second kappa shape index (κ2) is 7.76. The highest BCUT2D eigenvalue weighted by molar-refractivity contribution is 7.80.